The quantitative estimate of drug-likeness (QED) is 0.701. The molecule has 2 aromatic rings. The number of likely N-dealkylation sites (N-methyl/N-ethyl adjacent to an activating group) is 1. The highest BCUT2D eigenvalue weighted by Gasteiger charge is 2.23. The summed E-state index contributed by atoms with van der Waals surface area (Å²) >= 11 is 0. The maximum Gasteiger partial charge on any atom is 0.315 e. The lowest BCUT2D eigenvalue weighted by Gasteiger charge is -2.21. The summed E-state index contributed by atoms with van der Waals surface area (Å²) in [7, 11) is 0. The van der Waals surface area contributed by atoms with E-state index in [0.29, 0.717) is 25.6 Å². The van der Waals surface area contributed by atoms with E-state index in [4.69, 9.17) is 0 Å². The molecule has 3 amide bonds. The summed E-state index contributed by atoms with van der Waals surface area (Å²) in [5, 5.41) is 5.52. The van der Waals surface area contributed by atoms with Crippen LogP contribution in [0, 0.1) is 11.7 Å². The van der Waals surface area contributed by atoms with Crippen molar-refractivity contribution in [3.05, 3.63) is 66.0 Å². The molecule has 30 heavy (non-hydrogen) atoms. The third-order valence-corrected chi connectivity index (χ3v) is 5.38. The van der Waals surface area contributed by atoms with E-state index in [2.05, 4.69) is 15.5 Å². The molecule has 0 aromatic heterocycles. The molecule has 0 aliphatic carbocycles. The van der Waals surface area contributed by atoms with Gasteiger partial charge < -0.3 is 20.4 Å². The number of hydrogen-bond donors (Lipinski definition) is 2. The molecule has 0 spiro atoms. The van der Waals surface area contributed by atoms with E-state index in [1.165, 1.54) is 12.1 Å². The van der Waals surface area contributed by atoms with Crippen LogP contribution in [0.3, 0.4) is 0 Å². The second-order valence-corrected chi connectivity index (χ2v) is 7.53. The number of halogens is 1. The Bertz CT molecular complexity index is 829. The van der Waals surface area contributed by atoms with E-state index in [1.54, 1.807) is 17.0 Å². The van der Waals surface area contributed by atoms with E-state index >= 15 is 0 Å². The number of nitrogens with one attached hydrogen (secondary N) is 2. The molecule has 1 aliphatic rings. The van der Waals surface area contributed by atoms with E-state index in [-0.39, 0.29) is 24.3 Å². The lowest BCUT2D eigenvalue weighted by Crippen LogP contribution is -2.44. The number of benzene rings is 2. The molecule has 1 unspecified atom stereocenters. The molecule has 1 fully saturated rings. The maximum absolute atomic E-state index is 13.1. The van der Waals surface area contributed by atoms with Crippen molar-refractivity contribution in [1.29, 1.82) is 0 Å². The van der Waals surface area contributed by atoms with Crippen LogP contribution in [-0.4, -0.2) is 49.6 Å². The third kappa shape index (κ3) is 6.20. The molecule has 160 valence electrons. The SMILES string of the molecule is CCN(Cc1ccccc1)C(=O)CNC(=O)NCC1CCN(c2ccc(F)cc2)C1. The molecule has 1 atom stereocenters. The fourth-order valence-electron chi connectivity index (χ4n) is 3.63. The zero-order chi connectivity index (χ0) is 21.3. The van der Waals surface area contributed by atoms with Crippen molar-refractivity contribution in [2.75, 3.05) is 37.6 Å². The highest BCUT2D eigenvalue weighted by molar-refractivity contribution is 5.84. The second-order valence-electron chi connectivity index (χ2n) is 7.53. The standard InChI is InChI=1S/C23H29FN4O2/c1-2-27(16-18-6-4-3-5-7-18)22(29)15-26-23(30)25-14-19-12-13-28(17-19)21-10-8-20(24)9-11-21/h3-11,19H,2,12-17H2,1H3,(H2,25,26,30). The summed E-state index contributed by atoms with van der Waals surface area (Å²) in [5.41, 5.74) is 2.05. The number of nitrogens with zero attached hydrogens (tertiary/aromatic N) is 2. The Balaban J connectivity index is 1.37. The first kappa shape index (κ1) is 21.6. The zero-order valence-corrected chi connectivity index (χ0v) is 17.3. The van der Waals surface area contributed by atoms with Crippen LogP contribution in [0.25, 0.3) is 0 Å². The smallest absolute Gasteiger partial charge is 0.315 e. The Morgan fingerprint density at radius 1 is 1.10 bits per heavy atom. The minimum Gasteiger partial charge on any atom is -0.371 e. The van der Waals surface area contributed by atoms with Gasteiger partial charge in [-0.3, -0.25) is 4.79 Å². The summed E-state index contributed by atoms with van der Waals surface area (Å²) < 4.78 is 13.1. The summed E-state index contributed by atoms with van der Waals surface area (Å²) in [6, 6.07) is 15.9. The van der Waals surface area contributed by atoms with Crippen molar-refractivity contribution >= 4 is 17.6 Å². The zero-order valence-electron chi connectivity index (χ0n) is 17.3. The number of amides is 3. The topological polar surface area (TPSA) is 64.7 Å². The predicted octanol–water partition coefficient (Wildman–Crippen LogP) is 3.00. The number of carbonyl (C=O) groups is 2. The highest BCUT2D eigenvalue weighted by Crippen LogP contribution is 2.23. The van der Waals surface area contributed by atoms with Gasteiger partial charge in [0, 0.05) is 38.4 Å². The van der Waals surface area contributed by atoms with Crippen LogP contribution < -0.4 is 15.5 Å². The first-order valence-corrected chi connectivity index (χ1v) is 10.4. The Morgan fingerprint density at radius 2 is 1.83 bits per heavy atom. The van der Waals surface area contributed by atoms with Gasteiger partial charge in [0.1, 0.15) is 5.82 Å². The molecule has 7 heteroatoms. The van der Waals surface area contributed by atoms with Crippen LogP contribution in [0.5, 0.6) is 0 Å². The summed E-state index contributed by atoms with van der Waals surface area (Å²) in [5.74, 6) is -0.0330. The van der Waals surface area contributed by atoms with Gasteiger partial charge in [-0.15, -0.1) is 0 Å². The van der Waals surface area contributed by atoms with Crippen molar-refractivity contribution in [1.82, 2.24) is 15.5 Å². The van der Waals surface area contributed by atoms with Gasteiger partial charge >= 0.3 is 6.03 Å². The second kappa shape index (κ2) is 10.6. The van der Waals surface area contributed by atoms with Crippen LogP contribution in [-0.2, 0) is 11.3 Å². The normalized spacial score (nSPS) is 15.7. The number of urea groups is 1. The number of hydrogen-bond acceptors (Lipinski definition) is 3. The lowest BCUT2D eigenvalue weighted by atomic mass is 10.1. The first-order chi connectivity index (χ1) is 14.5. The lowest BCUT2D eigenvalue weighted by molar-refractivity contribution is -0.130. The minimum absolute atomic E-state index is 0.0289. The van der Waals surface area contributed by atoms with Crippen LogP contribution in [0.15, 0.2) is 54.6 Å². The Hall–Kier alpha value is -3.09. The van der Waals surface area contributed by atoms with Crippen molar-refractivity contribution < 1.29 is 14.0 Å². The average molecular weight is 413 g/mol. The highest BCUT2D eigenvalue weighted by atomic mass is 19.1. The molecule has 6 nitrogen and oxygen atoms in total. The van der Waals surface area contributed by atoms with Crippen LogP contribution in [0.1, 0.15) is 18.9 Å². The Kier molecular flexibility index (Phi) is 7.65. The van der Waals surface area contributed by atoms with Gasteiger partial charge in [0.15, 0.2) is 0 Å². The summed E-state index contributed by atoms with van der Waals surface area (Å²) in [6.07, 6.45) is 0.956. The van der Waals surface area contributed by atoms with Crippen LogP contribution >= 0.6 is 0 Å². The van der Waals surface area contributed by atoms with E-state index < -0.39 is 0 Å². The average Bonchev–Trinajstić information content (AvgIpc) is 3.24. The van der Waals surface area contributed by atoms with Gasteiger partial charge in [-0.2, -0.15) is 0 Å². The first-order valence-electron chi connectivity index (χ1n) is 10.4. The molecule has 3 rings (SSSR count). The third-order valence-electron chi connectivity index (χ3n) is 5.38. The minimum atomic E-state index is -0.334. The van der Waals surface area contributed by atoms with E-state index in [1.807, 2.05) is 37.3 Å². The van der Waals surface area contributed by atoms with E-state index in [0.717, 1.165) is 30.8 Å². The Morgan fingerprint density at radius 3 is 2.53 bits per heavy atom. The van der Waals surface area contributed by atoms with Crippen LogP contribution in [0.2, 0.25) is 0 Å². The monoisotopic (exact) mass is 412 g/mol. The molecule has 2 N–H and O–H groups in total. The summed E-state index contributed by atoms with van der Waals surface area (Å²) in [6.45, 7) is 5.24. The maximum atomic E-state index is 13.1. The van der Waals surface area contributed by atoms with Crippen LogP contribution in [0.4, 0.5) is 14.9 Å². The Labute approximate surface area is 177 Å². The molecular formula is C23H29FN4O2. The fourth-order valence-corrected chi connectivity index (χ4v) is 3.63. The summed E-state index contributed by atoms with van der Waals surface area (Å²) in [4.78, 5) is 28.4. The molecule has 2 aromatic carbocycles. The van der Waals surface area contributed by atoms with Crippen molar-refractivity contribution in [3.63, 3.8) is 0 Å². The van der Waals surface area contributed by atoms with Gasteiger partial charge in [0.05, 0.1) is 6.54 Å². The molecular weight excluding hydrogens is 383 g/mol. The van der Waals surface area contributed by atoms with Gasteiger partial charge in [-0.1, -0.05) is 30.3 Å². The van der Waals surface area contributed by atoms with Gasteiger partial charge in [-0.25, -0.2) is 9.18 Å². The molecule has 1 saturated heterocycles. The van der Waals surface area contributed by atoms with Crippen molar-refractivity contribution in [3.8, 4) is 0 Å². The van der Waals surface area contributed by atoms with Gasteiger partial charge in [-0.05, 0) is 49.1 Å². The van der Waals surface area contributed by atoms with Crippen molar-refractivity contribution in [2.45, 2.75) is 19.9 Å². The van der Waals surface area contributed by atoms with Crippen molar-refractivity contribution in [2.24, 2.45) is 5.92 Å². The molecule has 0 radical (unpaired) electrons. The molecule has 0 saturated carbocycles. The number of carbonyl (C=O) groups excluding carboxylic acids is 2. The molecule has 1 aliphatic heterocycles. The fraction of sp³-hybridized carbons (Fsp3) is 0.391. The van der Waals surface area contributed by atoms with Gasteiger partial charge in [0.25, 0.3) is 0 Å². The van der Waals surface area contributed by atoms with E-state index in [9.17, 15) is 14.0 Å². The number of rotatable bonds is 8. The number of anilines is 1. The molecule has 1 heterocycles. The molecule has 0 bridgehead atoms. The van der Waals surface area contributed by atoms with Gasteiger partial charge in [0.2, 0.25) is 5.91 Å². The predicted molar refractivity (Wildman–Crippen MR) is 116 cm³/mol. The largest absolute Gasteiger partial charge is 0.371 e.